The highest BCUT2D eigenvalue weighted by Crippen LogP contribution is 2.01. The summed E-state index contributed by atoms with van der Waals surface area (Å²) >= 11 is 0. The number of esters is 1. The van der Waals surface area contributed by atoms with Crippen molar-refractivity contribution in [3.8, 4) is 0 Å². The van der Waals surface area contributed by atoms with E-state index in [1.54, 1.807) is 6.92 Å². The van der Waals surface area contributed by atoms with Crippen molar-refractivity contribution < 1.29 is 33.4 Å². The molecule has 0 radical (unpaired) electrons. The first kappa shape index (κ1) is 19.7. The Hall–Kier alpha value is -2.32. The summed E-state index contributed by atoms with van der Waals surface area (Å²) in [4.78, 5) is 44.8. The Morgan fingerprint density at radius 2 is 1.64 bits per heavy atom. The van der Waals surface area contributed by atoms with Crippen LogP contribution in [0, 0.1) is 5.92 Å². The molecule has 0 aliphatic carbocycles. The summed E-state index contributed by atoms with van der Waals surface area (Å²) in [6, 6.07) is 0. The Balaban J connectivity index is 3.92. The minimum atomic E-state index is -1.08. The van der Waals surface area contributed by atoms with Gasteiger partial charge in [-0.3, -0.25) is 9.59 Å². The first-order chi connectivity index (χ1) is 10.3. The van der Waals surface area contributed by atoms with Gasteiger partial charge >= 0.3 is 12.1 Å². The first-order valence-corrected chi connectivity index (χ1v) is 6.71. The third-order valence-corrected chi connectivity index (χ3v) is 2.55. The van der Waals surface area contributed by atoms with E-state index in [4.69, 9.17) is 9.47 Å². The third-order valence-electron chi connectivity index (χ3n) is 2.55. The second-order valence-electron chi connectivity index (χ2n) is 4.54. The molecule has 2 amide bonds. The minimum Gasteiger partial charge on any atom is -0.462 e. The molecule has 9 nitrogen and oxygen atoms in total. The number of amides is 2. The largest absolute Gasteiger partial charge is 0.509 e. The molecule has 22 heavy (non-hydrogen) atoms. The number of hydrogen-bond donors (Lipinski definition) is 2. The van der Waals surface area contributed by atoms with E-state index in [1.165, 1.54) is 21.0 Å². The molecule has 126 valence electrons. The maximum Gasteiger partial charge on any atom is 0.509 e. The zero-order chi connectivity index (χ0) is 17.1. The Labute approximate surface area is 128 Å². The summed E-state index contributed by atoms with van der Waals surface area (Å²) < 4.78 is 14.1. The molecule has 0 heterocycles. The van der Waals surface area contributed by atoms with Crippen molar-refractivity contribution in [2.75, 3.05) is 27.3 Å². The molecule has 0 aromatic carbocycles. The number of rotatable bonds is 8. The van der Waals surface area contributed by atoms with Gasteiger partial charge in [0, 0.05) is 14.1 Å². The third kappa shape index (κ3) is 8.77. The fourth-order valence-corrected chi connectivity index (χ4v) is 1.30. The Morgan fingerprint density at radius 3 is 2.18 bits per heavy atom. The van der Waals surface area contributed by atoms with E-state index in [2.05, 4.69) is 15.4 Å². The van der Waals surface area contributed by atoms with Gasteiger partial charge in [0.25, 0.3) is 0 Å². The lowest BCUT2D eigenvalue weighted by atomic mass is 10.2. The fourth-order valence-electron chi connectivity index (χ4n) is 1.30. The molecule has 0 spiro atoms. The lowest BCUT2D eigenvalue weighted by Crippen LogP contribution is -2.30. The van der Waals surface area contributed by atoms with Gasteiger partial charge in [0.15, 0.2) is 6.61 Å². The van der Waals surface area contributed by atoms with E-state index in [9.17, 15) is 19.2 Å². The average Bonchev–Trinajstić information content (AvgIpc) is 2.49. The fraction of sp³-hybridized carbons (Fsp3) is 0.692. The minimum absolute atomic E-state index is 0.0142. The van der Waals surface area contributed by atoms with Crippen LogP contribution in [0.2, 0.25) is 0 Å². The van der Waals surface area contributed by atoms with Gasteiger partial charge in [-0.25, -0.2) is 9.59 Å². The summed E-state index contributed by atoms with van der Waals surface area (Å²) in [5, 5.41) is 4.80. The molecule has 0 bridgehead atoms. The van der Waals surface area contributed by atoms with Crippen LogP contribution in [0.4, 0.5) is 4.79 Å². The van der Waals surface area contributed by atoms with E-state index in [0.29, 0.717) is 0 Å². The van der Waals surface area contributed by atoms with Crippen LogP contribution < -0.4 is 10.6 Å². The molecular formula is C13H22N2O7. The average molecular weight is 318 g/mol. The van der Waals surface area contributed by atoms with E-state index >= 15 is 0 Å². The van der Waals surface area contributed by atoms with Crippen molar-refractivity contribution in [2.45, 2.75) is 26.4 Å². The standard InChI is InChI=1S/C13H22N2O7/c1-8(12(18)15-4)6-20-11(17)7-21-13(19)22-9(2)5-10(16)14-3/h8-9H,5-7H2,1-4H3,(H,14,16)(H,15,18). The van der Waals surface area contributed by atoms with E-state index in [1.807, 2.05) is 0 Å². The molecule has 0 saturated carbocycles. The summed E-state index contributed by atoms with van der Waals surface area (Å²) in [5.41, 5.74) is 0. The van der Waals surface area contributed by atoms with Gasteiger partial charge in [-0.2, -0.15) is 0 Å². The molecule has 2 atom stereocenters. The highest BCUT2D eigenvalue weighted by molar-refractivity contribution is 5.79. The lowest BCUT2D eigenvalue weighted by Gasteiger charge is -2.13. The van der Waals surface area contributed by atoms with Crippen LogP contribution in [0.1, 0.15) is 20.3 Å². The van der Waals surface area contributed by atoms with Crippen LogP contribution in [-0.4, -0.2) is 57.4 Å². The zero-order valence-electron chi connectivity index (χ0n) is 13.1. The second-order valence-corrected chi connectivity index (χ2v) is 4.54. The molecule has 0 fully saturated rings. The van der Waals surface area contributed by atoms with Crippen molar-refractivity contribution in [2.24, 2.45) is 5.92 Å². The molecule has 0 aliphatic heterocycles. The number of nitrogens with one attached hydrogen (secondary N) is 2. The topological polar surface area (TPSA) is 120 Å². The lowest BCUT2D eigenvalue weighted by molar-refractivity contribution is -0.150. The van der Waals surface area contributed by atoms with E-state index in [0.717, 1.165) is 0 Å². The van der Waals surface area contributed by atoms with Crippen LogP contribution in [0.15, 0.2) is 0 Å². The smallest absolute Gasteiger partial charge is 0.462 e. The zero-order valence-corrected chi connectivity index (χ0v) is 13.1. The van der Waals surface area contributed by atoms with Crippen LogP contribution in [0.5, 0.6) is 0 Å². The summed E-state index contributed by atoms with van der Waals surface area (Å²) in [6.45, 7) is 2.34. The predicted octanol–water partition coefficient (Wildman–Crippen LogP) is -0.410. The van der Waals surface area contributed by atoms with Crippen LogP contribution >= 0.6 is 0 Å². The number of hydrogen-bond acceptors (Lipinski definition) is 7. The number of ether oxygens (including phenoxy) is 3. The van der Waals surface area contributed by atoms with Crippen LogP contribution in [-0.2, 0) is 28.6 Å². The van der Waals surface area contributed by atoms with Gasteiger partial charge in [0.05, 0.1) is 12.3 Å². The highest BCUT2D eigenvalue weighted by atomic mass is 16.7. The Kier molecular flexibility index (Phi) is 9.31. The molecule has 0 aromatic rings. The molecule has 0 aromatic heterocycles. The Morgan fingerprint density at radius 1 is 1.00 bits per heavy atom. The van der Waals surface area contributed by atoms with Gasteiger partial charge in [-0.15, -0.1) is 0 Å². The predicted molar refractivity (Wildman–Crippen MR) is 74.8 cm³/mol. The van der Waals surface area contributed by atoms with Crippen molar-refractivity contribution in [1.29, 1.82) is 0 Å². The van der Waals surface area contributed by atoms with Crippen molar-refractivity contribution in [3.05, 3.63) is 0 Å². The van der Waals surface area contributed by atoms with Crippen molar-refractivity contribution in [3.63, 3.8) is 0 Å². The molecule has 9 heteroatoms. The van der Waals surface area contributed by atoms with Crippen LogP contribution in [0.3, 0.4) is 0 Å². The summed E-state index contributed by atoms with van der Waals surface area (Å²) in [7, 11) is 2.93. The van der Waals surface area contributed by atoms with E-state index < -0.39 is 30.8 Å². The number of carbonyl (C=O) groups excluding carboxylic acids is 4. The summed E-state index contributed by atoms with van der Waals surface area (Å²) in [5.74, 6) is -1.86. The van der Waals surface area contributed by atoms with E-state index in [-0.39, 0.29) is 24.8 Å². The quantitative estimate of drug-likeness (QED) is 0.584. The van der Waals surface area contributed by atoms with Crippen molar-refractivity contribution >= 4 is 23.9 Å². The van der Waals surface area contributed by atoms with Gasteiger partial charge in [0.1, 0.15) is 12.7 Å². The van der Waals surface area contributed by atoms with Gasteiger partial charge < -0.3 is 24.8 Å². The summed E-state index contributed by atoms with van der Waals surface area (Å²) in [6.07, 6.45) is -1.77. The molecule has 2 N–H and O–H groups in total. The maximum absolute atomic E-state index is 11.3. The first-order valence-electron chi connectivity index (χ1n) is 6.71. The van der Waals surface area contributed by atoms with Crippen molar-refractivity contribution in [1.82, 2.24) is 10.6 Å². The van der Waals surface area contributed by atoms with Gasteiger partial charge in [0.2, 0.25) is 11.8 Å². The SMILES string of the molecule is CNC(=O)CC(C)OC(=O)OCC(=O)OCC(C)C(=O)NC. The Bertz CT molecular complexity index is 411. The van der Waals surface area contributed by atoms with Crippen LogP contribution in [0.25, 0.3) is 0 Å². The normalized spacial score (nSPS) is 12.5. The maximum atomic E-state index is 11.3. The monoisotopic (exact) mass is 318 g/mol. The highest BCUT2D eigenvalue weighted by Gasteiger charge is 2.17. The second kappa shape index (κ2) is 10.4. The van der Waals surface area contributed by atoms with Gasteiger partial charge in [-0.05, 0) is 6.92 Å². The molecular weight excluding hydrogens is 296 g/mol. The molecule has 2 unspecified atom stereocenters. The molecule has 0 saturated heterocycles. The molecule has 0 rings (SSSR count). The van der Waals surface area contributed by atoms with Gasteiger partial charge in [-0.1, -0.05) is 6.92 Å². The number of carbonyl (C=O) groups is 4. The molecule has 0 aliphatic rings.